The monoisotopic (exact) mass is 169 g/mol. The Hall–Kier alpha value is -0.970. The van der Waals surface area contributed by atoms with Gasteiger partial charge in [0.1, 0.15) is 0 Å². The van der Waals surface area contributed by atoms with E-state index in [1.165, 1.54) is 0 Å². The van der Waals surface area contributed by atoms with E-state index in [0.29, 0.717) is 11.8 Å². The molecule has 1 saturated heterocycles. The Morgan fingerprint density at radius 3 is 2.67 bits per heavy atom. The maximum Gasteiger partial charge on any atom is 0.169 e. The third-order valence-electron chi connectivity index (χ3n) is 2.21. The number of hydrogen-bond donors (Lipinski definition) is 3. The molecule has 0 atom stereocenters. The fourth-order valence-corrected chi connectivity index (χ4v) is 1.47. The lowest BCUT2D eigenvalue weighted by Crippen LogP contribution is -2.28. The van der Waals surface area contributed by atoms with Gasteiger partial charge in [-0.25, -0.2) is 5.53 Å². The summed E-state index contributed by atoms with van der Waals surface area (Å²) in [6.07, 6.45) is 3.02. The van der Waals surface area contributed by atoms with Crippen LogP contribution in [0.2, 0.25) is 0 Å². The summed E-state index contributed by atoms with van der Waals surface area (Å²) in [5.74, 6) is 6.12. The van der Waals surface area contributed by atoms with Crippen molar-refractivity contribution < 1.29 is 0 Å². The van der Waals surface area contributed by atoms with Gasteiger partial charge in [-0.3, -0.25) is 0 Å². The van der Waals surface area contributed by atoms with E-state index in [2.05, 4.69) is 15.5 Å². The zero-order valence-electron chi connectivity index (χ0n) is 7.08. The molecule has 0 amide bonds. The van der Waals surface area contributed by atoms with E-state index in [9.17, 15) is 0 Å². The Kier molecular flexibility index (Phi) is 3.66. The maximum absolute atomic E-state index is 6.78. The van der Waals surface area contributed by atoms with Crippen LogP contribution in [0.1, 0.15) is 19.3 Å². The average molecular weight is 169 g/mol. The van der Waals surface area contributed by atoms with E-state index in [4.69, 9.17) is 11.4 Å². The van der Waals surface area contributed by atoms with Gasteiger partial charge < -0.3 is 11.2 Å². The average Bonchev–Trinajstić information content (AvgIpc) is 2.16. The summed E-state index contributed by atoms with van der Waals surface area (Å²) < 4.78 is 0. The number of nitrogens with one attached hydrogen (secondary N) is 2. The fraction of sp³-hybridized carbons (Fsp3) is 0.857. The second kappa shape index (κ2) is 4.82. The summed E-state index contributed by atoms with van der Waals surface area (Å²) in [6.45, 7) is 2.11. The minimum absolute atomic E-state index is 0.460. The molecular formula is C7H15N5. The standard InChI is InChI=1S/C7H15N5/c8-11-7(12-9)5-6-1-3-10-4-2-6/h6,8,10H,1-5,9H2/b11-8?,12-7-. The summed E-state index contributed by atoms with van der Waals surface area (Å²) in [5, 5.41) is 9.97. The predicted octanol–water partition coefficient (Wildman–Crippen LogP) is 0.679. The molecule has 1 aliphatic heterocycles. The minimum Gasteiger partial charge on any atom is -0.321 e. The van der Waals surface area contributed by atoms with Crippen molar-refractivity contribution in [2.45, 2.75) is 19.3 Å². The number of nitrogens with zero attached hydrogens (tertiary/aromatic N) is 2. The third-order valence-corrected chi connectivity index (χ3v) is 2.21. The SMILES string of the molecule is N=N/C(CC1CCNCC1)=N\N. The Morgan fingerprint density at radius 2 is 2.17 bits per heavy atom. The first kappa shape index (κ1) is 9.12. The lowest BCUT2D eigenvalue weighted by Gasteiger charge is -2.21. The number of piperidine rings is 1. The van der Waals surface area contributed by atoms with Crippen LogP contribution in [0, 0.1) is 11.4 Å². The molecule has 0 aromatic carbocycles. The van der Waals surface area contributed by atoms with Crippen LogP contribution in [0.15, 0.2) is 10.2 Å². The van der Waals surface area contributed by atoms with E-state index in [-0.39, 0.29) is 0 Å². The smallest absolute Gasteiger partial charge is 0.169 e. The van der Waals surface area contributed by atoms with E-state index in [1.807, 2.05) is 0 Å². The van der Waals surface area contributed by atoms with Crippen molar-refractivity contribution in [2.75, 3.05) is 13.1 Å². The van der Waals surface area contributed by atoms with Gasteiger partial charge in [0, 0.05) is 6.42 Å². The van der Waals surface area contributed by atoms with Crippen LogP contribution in [0.5, 0.6) is 0 Å². The second-order valence-electron chi connectivity index (χ2n) is 3.05. The summed E-state index contributed by atoms with van der Waals surface area (Å²) >= 11 is 0. The Labute approximate surface area is 71.9 Å². The largest absolute Gasteiger partial charge is 0.321 e. The van der Waals surface area contributed by atoms with Gasteiger partial charge in [-0.1, -0.05) is 0 Å². The molecule has 1 heterocycles. The molecule has 0 unspecified atom stereocenters. The molecule has 1 aliphatic rings. The molecule has 1 fully saturated rings. The Morgan fingerprint density at radius 1 is 1.50 bits per heavy atom. The molecule has 0 aliphatic carbocycles. The number of amidine groups is 1. The lowest BCUT2D eigenvalue weighted by atomic mass is 9.94. The molecule has 12 heavy (non-hydrogen) atoms. The van der Waals surface area contributed by atoms with E-state index < -0.39 is 0 Å². The van der Waals surface area contributed by atoms with E-state index in [1.54, 1.807) is 0 Å². The third kappa shape index (κ3) is 2.58. The summed E-state index contributed by atoms with van der Waals surface area (Å²) in [5.41, 5.74) is 6.78. The molecular weight excluding hydrogens is 154 g/mol. The van der Waals surface area contributed by atoms with Crippen molar-refractivity contribution >= 4 is 5.84 Å². The number of hydrazone groups is 1. The lowest BCUT2D eigenvalue weighted by molar-refractivity contribution is 0.383. The molecule has 68 valence electrons. The first-order chi connectivity index (χ1) is 5.86. The van der Waals surface area contributed by atoms with Gasteiger partial charge in [-0.2, -0.15) is 5.10 Å². The number of rotatable bonds is 2. The summed E-state index contributed by atoms with van der Waals surface area (Å²) in [7, 11) is 0. The highest BCUT2D eigenvalue weighted by molar-refractivity contribution is 5.82. The molecule has 0 bridgehead atoms. The van der Waals surface area contributed by atoms with Crippen molar-refractivity contribution in [3.05, 3.63) is 0 Å². The quantitative estimate of drug-likeness (QED) is 0.187. The predicted molar refractivity (Wildman–Crippen MR) is 47.0 cm³/mol. The van der Waals surface area contributed by atoms with Crippen LogP contribution in [-0.4, -0.2) is 18.9 Å². The molecule has 0 radical (unpaired) electrons. The second-order valence-corrected chi connectivity index (χ2v) is 3.05. The van der Waals surface area contributed by atoms with E-state index in [0.717, 1.165) is 32.4 Å². The zero-order chi connectivity index (χ0) is 8.81. The van der Waals surface area contributed by atoms with Gasteiger partial charge in [-0.05, 0) is 31.8 Å². The van der Waals surface area contributed by atoms with Crippen LogP contribution in [0.3, 0.4) is 0 Å². The molecule has 5 nitrogen and oxygen atoms in total. The van der Waals surface area contributed by atoms with Crippen molar-refractivity contribution in [3.8, 4) is 0 Å². The van der Waals surface area contributed by atoms with Crippen molar-refractivity contribution in [3.63, 3.8) is 0 Å². The van der Waals surface area contributed by atoms with Crippen molar-refractivity contribution in [1.29, 1.82) is 5.53 Å². The first-order valence-corrected chi connectivity index (χ1v) is 4.21. The van der Waals surface area contributed by atoms with Gasteiger partial charge >= 0.3 is 0 Å². The summed E-state index contributed by atoms with van der Waals surface area (Å²) in [4.78, 5) is 0. The minimum atomic E-state index is 0.460. The van der Waals surface area contributed by atoms with Gasteiger partial charge in [-0.15, -0.1) is 5.11 Å². The molecule has 0 aromatic rings. The van der Waals surface area contributed by atoms with Gasteiger partial charge in [0.2, 0.25) is 0 Å². The van der Waals surface area contributed by atoms with Crippen molar-refractivity contribution in [2.24, 2.45) is 22.0 Å². The molecule has 5 heteroatoms. The van der Waals surface area contributed by atoms with Gasteiger partial charge in [0.25, 0.3) is 0 Å². The molecule has 0 spiro atoms. The normalized spacial score (nSPS) is 20.8. The van der Waals surface area contributed by atoms with Crippen molar-refractivity contribution in [1.82, 2.24) is 5.32 Å². The molecule has 0 aromatic heterocycles. The molecule has 1 rings (SSSR count). The number of hydrogen-bond acceptors (Lipinski definition) is 4. The van der Waals surface area contributed by atoms with E-state index >= 15 is 0 Å². The van der Waals surface area contributed by atoms with Gasteiger partial charge in [0.05, 0.1) is 0 Å². The summed E-state index contributed by atoms with van der Waals surface area (Å²) in [6, 6.07) is 0. The molecule has 0 saturated carbocycles. The zero-order valence-corrected chi connectivity index (χ0v) is 7.08. The van der Waals surface area contributed by atoms with Crippen LogP contribution in [0.4, 0.5) is 0 Å². The van der Waals surface area contributed by atoms with Crippen LogP contribution < -0.4 is 11.2 Å². The highest BCUT2D eigenvalue weighted by atomic mass is 15.2. The van der Waals surface area contributed by atoms with Crippen LogP contribution in [-0.2, 0) is 0 Å². The Balaban J connectivity index is 2.33. The maximum atomic E-state index is 6.78. The Bertz CT molecular complexity index is 171. The highest BCUT2D eigenvalue weighted by Gasteiger charge is 2.14. The highest BCUT2D eigenvalue weighted by Crippen LogP contribution is 2.16. The van der Waals surface area contributed by atoms with Crippen LogP contribution in [0.25, 0.3) is 0 Å². The fourth-order valence-electron chi connectivity index (χ4n) is 1.47. The first-order valence-electron chi connectivity index (χ1n) is 4.21. The molecule has 4 N–H and O–H groups in total. The van der Waals surface area contributed by atoms with Gasteiger partial charge in [0.15, 0.2) is 5.84 Å². The number of nitrogens with two attached hydrogens (primary N) is 1. The van der Waals surface area contributed by atoms with Crippen LogP contribution >= 0.6 is 0 Å². The topological polar surface area (TPSA) is 86.6 Å².